The number of carbonyl (C=O) groups is 2. The quantitative estimate of drug-likeness (QED) is 0.605. The molecule has 0 saturated carbocycles. The minimum Gasteiger partial charge on any atom is -0.503 e. The Morgan fingerprint density at radius 2 is 1.90 bits per heavy atom. The summed E-state index contributed by atoms with van der Waals surface area (Å²) in [7, 11) is 0. The van der Waals surface area contributed by atoms with Gasteiger partial charge >= 0.3 is 0 Å². The normalized spacial score (nSPS) is 20.0. The SMILES string of the molecule is Cc1nc(C)c(C(=O)C2=C(O)C(=O)N(CCN3CCOCC3)[C@H]2c2ccc(Br)cc2)s1. The summed E-state index contributed by atoms with van der Waals surface area (Å²) in [4.78, 5) is 35.2. The molecule has 0 bridgehead atoms. The van der Waals surface area contributed by atoms with Crippen molar-refractivity contribution in [3.63, 3.8) is 0 Å². The van der Waals surface area contributed by atoms with Crippen molar-refractivity contribution in [2.45, 2.75) is 19.9 Å². The molecule has 9 heteroatoms. The van der Waals surface area contributed by atoms with Crippen LogP contribution in [0.5, 0.6) is 0 Å². The zero-order valence-electron chi connectivity index (χ0n) is 17.4. The third kappa shape index (κ3) is 4.45. The molecule has 7 nitrogen and oxygen atoms in total. The van der Waals surface area contributed by atoms with Crippen LogP contribution in [-0.4, -0.2) is 71.0 Å². The maximum absolute atomic E-state index is 13.5. The van der Waals surface area contributed by atoms with Crippen LogP contribution >= 0.6 is 27.3 Å². The van der Waals surface area contributed by atoms with E-state index in [2.05, 4.69) is 25.8 Å². The van der Waals surface area contributed by atoms with Gasteiger partial charge in [0.1, 0.15) is 0 Å². The van der Waals surface area contributed by atoms with Gasteiger partial charge in [0.05, 0.1) is 40.4 Å². The summed E-state index contributed by atoms with van der Waals surface area (Å²) in [6.45, 7) is 7.60. The number of amides is 1. The van der Waals surface area contributed by atoms with Crippen molar-refractivity contribution < 1.29 is 19.4 Å². The first-order valence-electron chi connectivity index (χ1n) is 10.1. The predicted octanol–water partition coefficient (Wildman–Crippen LogP) is 3.43. The Kier molecular flexibility index (Phi) is 6.57. The number of hydrogen-bond acceptors (Lipinski definition) is 7. The largest absolute Gasteiger partial charge is 0.503 e. The number of ether oxygens (including phenoxy) is 1. The van der Waals surface area contributed by atoms with Crippen molar-refractivity contribution in [2.75, 3.05) is 39.4 Å². The first-order valence-corrected chi connectivity index (χ1v) is 11.8. The number of hydrogen-bond donors (Lipinski definition) is 1. The van der Waals surface area contributed by atoms with E-state index in [9.17, 15) is 14.7 Å². The maximum atomic E-state index is 13.5. The number of benzene rings is 1. The van der Waals surface area contributed by atoms with Gasteiger partial charge in [-0.1, -0.05) is 28.1 Å². The molecule has 0 radical (unpaired) electrons. The Hall–Kier alpha value is -2.07. The van der Waals surface area contributed by atoms with Gasteiger partial charge in [0.15, 0.2) is 5.76 Å². The summed E-state index contributed by atoms with van der Waals surface area (Å²) in [5, 5.41) is 11.6. The van der Waals surface area contributed by atoms with Crippen molar-refractivity contribution >= 4 is 39.0 Å². The van der Waals surface area contributed by atoms with E-state index < -0.39 is 17.7 Å². The highest BCUT2D eigenvalue weighted by Gasteiger charge is 2.44. The second kappa shape index (κ2) is 9.20. The van der Waals surface area contributed by atoms with Crippen LogP contribution < -0.4 is 0 Å². The zero-order valence-corrected chi connectivity index (χ0v) is 19.8. The minimum absolute atomic E-state index is 0.126. The van der Waals surface area contributed by atoms with Gasteiger partial charge in [-0.15, -0.1) is 11.3 Å². The van der Waals surface area contributed by atoms with E-state index in [4.69, 9.17) is 4.74 Å². The second-order valence-corrected chi connectivity index (χ2v) is 9.76. The number of aromatic nitrogens is 1. The highest BCUT2D eigenvalue weighted by molar-refractivity contribution is 9.10. The van der Waals surface area contributed by atoms with Gasteiger partial charge in [-0.3, -0.25) is 14.5 Å². The molecule has 1 aromatic heterocycles. The minimum atomic E-state index is -0.643. The molecule has 1 fully saturated rings. The van der Waals surface area contributed by atoms with Gasteiger partial charge in [-0.05, 0) is 31.5 Å². The smallest absolute Gasteiger partial charge is 0.290 e. The van der Waals surface area contributed by atoms with E-state index in [1.807, 2.05) is 31.2 Å². The Bertz CT molecular complexity index is 1030. The molecule has 1 N–H and O–H groups in total. The summed E-state index contributed by atoms with van der Waals surface area (Å²) in [5.74, 6) is -1.32. The molecule has 1 saturated heterocycles. The van der Waals surface area contributed by atoms with Crippen molar-refractivity contribution in [1.82, 2.24) is 14.8 Å². The molecule has 164 valence electrons. The highest BCUT2D eigenvalue weighted by Crippen LogP contribution is 2.40. The number of Topliss-reactive ketones (excluding diaryl/α,β-unsaturated/α-hetero) is 1. The molecule has 2 aromatic rings. The zero-order chi connectivity index (χ0) is 22.1. The van der Waals surface area contributed by atoms with Crippen molar-refractivity contribution in [1.29, 1.82) is 0 Å². The van der Waals surface area contributed by atoms with Gasteiger partial charge in [-0.25, -0.2) is 4.98 Å². The van der Waals surface area contributed by atoms with Gasteiger partial charge in [0, 0.05) is 30.7 Å². The van der Waals surface area contributed by atoms with E-state index in [0.717, 1.165) is 28.1 Å². The molecule has 1 aromatic carbocycles. The third-order valence-electron chi connectivity index (χ3n) is 5.60. The Morgan fingerprint density at radius 3 is 2.52 bits per heavy atom. The van der Waals surface area contributed by atoms with Crippen molar-refractivity contribution in [2.24, 2.45) is 0 Å². The summed E-state index contributed by atoms with van der Waals surface area (Å²) in [5.41, 5.74) is 1.52. The number of ketones is 1. The standard InChI is InChI=1S/C22H24BrN3O4S/c1-13-21(31-14(2)24-13)19(27)17-18(15-3-5-16(23)6-4-15)26(22(29)20(17)28)8-7-25-9-11-30-12-10-25/h3-6,18,28H,7-12H2,1-2H3/t18-/m0/s1. The average molecular weight is 506 g/mol. The molecule has 0 aliphatic carbocycles. The number of thiazole rings is 1. The lowest BCUT2D eigenvalue weighted by Gasteiger charge is -2.31. The van der Waals surface area contributed by atoms with Crippen LogP contribution in [0, 0.1) is 13.8 Å². The molecule has 2 aliphatic rings. The number of nitrogens with zero attached hydrogens (tertiary/aromatic N) is 3. The molecule has 4 rings (SSSR count). The van der Waals surface area contributed by atoms with Crippen LogP contribution in [0.1, 0.15) is 32.0 Å². The summed E-state index contributed by atoms with van der Waals surface area (Å²) in [6, 6.07) is 6.86. The molecular weight excluding hydrogens is 482 g/mol. The molecule has 31 heavy (non-hydrogen) atoms. The third-order valence-corrected chi connectivity index (χ3v) is 7.20. The number of halogens is 1. The van der Waals surface area contributed by atoms with Gasteiger partial charge < -0.3 is 14.7 Å². The van der Waals surface area contributed by atoms with E-state index in [-0.39, 0.29) is 11.4 Å². The number of aryl methyl sites for hydroxylation is 2. The highest BCUT2D eigenvalue weighted by atomic mass is 79.9. The average Bonchev–Trinajstić information content (AvgIpc) is 3.23. The van der Waals surface area contributed by atoms with Crippen LogP contribution in [0.15, 0.2) is 40.1 Å². The molecule has 0 spiro atoms. The molecule has 0 unspecified atom stereocenters. The first-order chi connectivity index (χ1) is 14.9. The monoisotopic (exact) mass is 505 g/mol. The van der Waals surface area contributed by atoms with Gasteiger partial charge in [0.2, 0.25) is 5.78 Å². The number of carbonyl (C=O) groups excluding carboxylic acids is 2. The number of morpholine rings is 1. The lowest BCUT2D eigenvalue weighted by atomic mass is 9.95. The van der Waals surface area contributed by atoms with E-state index in [1.165, 1.54) is 11.3 Å². The van der Waals surface area contributed by atoms with Crippen LogP contribution in [-0.2, 0) is 9.53 Å². The molecule has 1 amide bonds. The Labute approximate surface area is 193 Å². The Balaban J connectivity index is 1.69. The number of aliphatic hydroxyl groups excluding tert-OH is 1. The lowest BCUT2D eigenvalue weighted by molar-refractivity contribution is -0.129. The summed E-state index contributed by atoms with van der Waals surface area (Å²) >= 11 is 4.72. The summed E-state index contributed by atoms with van der Waals surface area (Å²) in [6.07, 6.45) is 0. The van der Waals surface area contributed by atoms with E-state index in [1.54, 1.807) is 11.8 Å². The lowest BCUT2D eigenvalue weighted by Crippen LogP contribution is -2.43. The van der Waals surface area contributed by atoms with Gasteiger partial charge in [0.25, 0.3) is 5.91 Å². The second-order valence-electron chi connectivity index (χ2n) is 7.65. The van der Waals surface area contributed by atoms with Crippen LogP contribution in [0.2, 0.25) is 0 Å². The van der Waals surface area contributed by atoms with Gasteiger partial charge in [-0.2, -0.15) is 0 Å². The van der Waals surface area contributed by atoms with Crippen LogP contribution in [0.3, 0.4) is 0 Å². The fraction of sp³-hybridized carbons (Fsp3) is 0.409. The number of rotatable bonds is 6. The maximum Gasteiger partial charge on any atom is 0.290 e. The van der Waals surface area contributed by atoms with Crippen molar-refractivity contribution in [3.05, 3.63) is 61.2 Å². The van der Waals surface area contributed by atoms with E-state index in [0.29, 0.717) is 36.9 Å². The van der Waals surface area contributed by atoms with Crippen LogP contribution in [0.4, 0.5) is 0 Å². The molecule has 2 aliphatic heterocycles. The Morgan fingerprint density at radius 1 is 1.23 bits per heavy atom. The van der Waals surface area contributed by atoms with E-state index >= 15 is 0 Å². The van der Waals surface area contributed by atoms with Crippen LogP contribution in [0.25, 0.3) is 0 Å². The van der Waals surface area contributed by atoms with Crippen molar-refractivity contribution in [3.8, 4) is 0 Å². The fourth-order valence-electron chi connectivity index (χ4n) is 4.05. The number of aliphatic hydroxyl groups is 1. The molecule has 3 heterocycles. The summed E-state index contributed by atoms with van der Waals surface area (Å²) < 4.78 is 6.30. The molecule has 1 atom stereocenters. The predicted molar refractivity (Wildman–Crippen MR) is 121 cm³/mol. The topological polar surface area (TPSA) is 83.0 Å². The fourth-order valence-corrected chi connectivity index (χ4v) is 5.18. The molecular formula is C22H24BrN3O4S. The first kappa shape index (κ1) is 22.1.